The van der Waals surface area contributed by atoms with Crippen LogP contribution in [-0.2, 0) is 9.59 Å². The zero-order valence-electron chi connectivity index (χ0n) is 17.4. The van der Waals surface area contributed by atoms with Crippen LogP contribution in [0.4, 0.5) is 0 Å². The summed E-state index contributed by atoms with van der Waals surface area (Å²) in [7, 11) is 0. The van der Waals surface area contributed by atoms with Crippen molar-refractivity contribution in [2.24, 2.45) is 11.8 Å². The molecule has 0 spiro atoms. The quantitative estimate of drug-likeness (QED) is 0.395. The molecule has 0 aliphatic carbocycles. The minimum atomic E-state index is -0.931. The highest BCUT2D eigenvalue weighted by Crippen LogP contribution is 2.38. The van der Waals surface area contributed by atoms with Gasteiger partial charge in [0.15, 0.2) is 5.16 Å². The number of rotatable bonds is 8. The van der Waals surface area contributed by atoms with Crippen molar-refractivity contribution in [1.29, 1.82) is 0 Å². The van der Waals surface area contributed by atoms with E-state index >= 15 is 0 Å². The third-order valence-corrected chi connectivity index (χ3v) is 7.01. The number of aliphatic carboxylic acids is 1. The number of nitrogens with zero attached hydrogens (tertiary/aromatic N) is 2. The smallest absolute Gasteiger partial charge is 0.307 e. The lowest BCUT2D eigenvalue weighted by atomic mass is 9.88. The number of thioether (sulfide) groups is 1. The Morgan fingerprint density at radius 1 is 1.17 bits per heavy atom. The molecular weight excluding hydrogens is 464 g/mol. The molecule has 0 radical (unpaired) electrons. The molecule has 0 saturated carbocycles. The van der Waals surface area contributed by atoms with Gasteiger partial charge in [-0.25, -0.2) is 4.98 Å². The Hall–Kier alpha value is -2.12. The summed E-state index contributed by atoms with van der Waals surface area (Å²) in [4.78, 5) is 29.1. The van der Waals surface area contributed by atoms with E-state index < -0.39 is 16.6 Å². The van der Waals surface area contributed by atoms with Gasteiger partial charge in [0.2, 0.25) is 0 Å². The highest BCUT2D eigenvalue weighted by atomic mass is 79.9. The summed E-state index contributed by atoms with van der Waals surface area (Å²) in [6, 6.07) is 14.2. The number of carbonyl (C=O) groups excluding carboxylic acids is 1. The number of carbonyl (C=O) groups is 2. The summed E-state index contributed by atoms with van der Waals surface area (Å²) in [6.07, 6.45) is 1.72. The van der Waals surface area contributed by atoms with Gasteiger partial charge in [0.05, 0.1) is 22.5 Å². The molecule has 30 heavy (non-hydrogen) atoms. The van der Waals surface area contributed by atoms with E-state index in [1.54, 1.807) is 6.20 Å². The molecule has 3 aromatic rings. The average molecular weight is 489 g/mol. The first-order valence-corrected chi connectivity index (χ1v) is 11.4. The minimum Gasteiger partial charge on any atom is -0.481 e. The number of hydrogen-bond donors (Lipinski definition) is 1. The highest BCUT2D eigenvalue weighted by molar-refractivity contribution is 9.10. The number of hydrogen-bond acceptors (Lipinski definition) is 4. The molecule has 0 aliphatic rings. The fourth-order valence-corrected chi connectivity index (χ4v) is 4.97. The SMILES string of the molecule is CC(C)C(CC(=O)C(C)(C)Sc1ncc(Br)n1-c1cccc2ccccc12)C(=O)O. The molecule has 0 amide bonds. The van der Waals surface area contributed by atoms with Crippen molar-refractivity contribution in [2.75, 3.05) is 0 Å². The second kappa shape index (κ2) is 8.94. The van der Waals surface area contributed by atoms with Gasteiger partial charge in [-0.2, -0.15) is 0 Å². The lowest BCUT2D eigenvalue weighted by Crippen LogP contribution is -2.33. The highest BCUT2D eigenvalue weighted by Gasteiger charge is 2.35. The summed E-state index contributed by atoms with van der Waals surface area (Å²) in [5.74, 6) is -1.84. The predicted molar refractivity (Wildman–Crippen MR) is 124 cm³/mol. The average Bonchev–Trinajstić information content (AvgIpc) is 3.04. The van der Waals surface area contributed by atoms with E-state index in [1.165, 1.54) is 11.8 Å². The number of benzene rings is 2. The van der Waals surface area contributed by atoms with Crippen LogP contribution in [0.15, 0.2) is 58.4 Å². The number of halogens is 1. The molecule has 0 aliphatic heterocycles. The van der Waals surface area contributed by atoms with Crippen LogP contribution in [-0.4, -0.2) is 31.2 Å². The van der Waals surface area contributed by atoms with Gasteiger partial charge in [-0.05, 0) is 47.1 Å². The lowest BCUT2D eigenvalue weighted by Gasteiger charge is -2.25. The van der Waals surface area contributed by atoms with Gasteiger partial charge in [-0.1, -0.05) is 62.0 Å². The molecule has 1 atom stereocenters. The summed E-state index contributed by atoms with van der Waals surface area (Å²) in [5.41, 5.74) is 0.966. The van der Waals surface area contributed by atoms with Crippen molar-refractivity contribution in [3.05, 3.63) is 53.3 Å². The van der Waals surface area contributed by atoms with Gasteiger partial charge in [0.25, 0.3) is 0 Å². The molecule has 7 heteroatoms. The van der Waals surface area contributed by atoms with Gasteiger partial charge in [-0.3, -0.25) is 14.2 Å². The van der Waals surface area contributed by atoms with Crippen molar-refractivity contribution in [2.45, 2.75) is 44.0 Å². The maximum absolute atomic E-state index is 13.0. The van der Waals surface area contributed by atoms with Crippen LogP contribution < -0.4 is 0 Å². The molecule has 2 aromatic carbocycles. The van der Waals surface area contributed by atoms with E-state index in [1.807, 2.05) is 56.5 Å². The van der Waals surface area contributed by atoms with Crippen LogP contribution in [0.3, 0.4) is 0 Å². The molecule has 3 rings (SSSR count). The number of aromatic nitrogens is 2. The third-order valence-electron chi connectivity index (χ3n) is 5.24. The van der Waals surface area contributed by atoms with Gasteiger partial charge in [0.1, 0.15) is 10.4 Å². The van der Waals surface area contributed by atoms with Gasteiger partial charge >= 0.3 is 5.97 Å². The standard InChI is InChI=1S/C23H25BrN2O3S/c1-14(2)17(21(28)29)12-19(27)23(3,4)30-22-25-13-20(24)26(22)18-11-7-9-15-8-5-6-10-16(15)18/h5-11,13-14,17H,12H2,1-4H3,(H,28,29). The number of fused-ring (bicyclic) bond motifs is 1. The number of imidazole rings is 1. The van der Waals surface area contributed by atoms with Crippen molar-refractivity contribution in [3.63, 3.8) is 0 Å². The van der Waals surface area contributed by atoms with Gasteiger partial charge < -0.3 is 5.11 Å². The first-order chi connectivity index (χ1) is 14.1. The zero-order valence-corrected chi connectivity index (χ0v) is 19.8. The maximum Gasteiger partial charge on any atom is 0.307 e. The number of ketones is 1. The third kappa shape index (κ3) is 4.62. The molecular formula is C23H25BrN2O3S. The normalized spacial score (nSPS) is 13.0. The topological polar surface area (TPSA) is 72.2 Å². The minimum absolute atomic E-state index is 0.00312. The van der Waals surface area contributed by atoms with E-state index in [2.05, 4.69) is 39.1 Å². The predicted octanol–water partition coefficient (Wildman–Crippen LogP) is 5.97. The largest absolute Gasteiger partial charge is 0.481 e. The Morgan fingerprint density at radius 2 is 1.83 bits per heavy atom. The molecule has 158 valence electrons. The van der Waals surface area contributed by atoms with Gasteiger partial charge in [-0.15, -0.1) is 0 Å². The molecule has 1 aromatic heterocycles. The fraction of sp³-hybridized carbons (Fsp3) is 0.348. The fourth-order valence-electron chi connectivity index (χ4n) is 3.35. The summed E-state index contributed by atoms with van der Waals surface area (Å²) in [5, 5.41) is 12.3. The van der Waals surface area contributed by atoms with Crippen molar-refractivity contribution >= 4 is 50.2 Å². The van der Waals surface area contributed by atoms with Crippen LogP contribution in [0.2, 0.25) is 0 Å². The molecule has 0 bridgehead atoms. The summed E-state index contributed by atoms with van der Waals surface area (Å²) < 4.78 is 1.95. The zero-order chi connectivity index (χ0) is 22.1. The Kier molecular flexibility index (Phi) is 6.72. The van der Waals surface area contributed by atoms with Crippen LogP contribution in [0, 0.1) is 11.8 Å². The van der Waals surface area contributed by atoms with Crippen LogP contribution >= 0.6 is 27.7 Å². The molecule has 1 unspecified atom stereocenters. The molecule has 1 heterocycles. The van der Waals surface area contributed by atoms with Crippen molar-refractivity contribution in [3.8, 4) is 5.69 Å². The molecule has 0 fully saturated rings. The van der Waals surface area contributed by atoms with Crippen LogP contribution in [0.25, 0.3) is 16.5 Å². The Balaban J connectivity index is 1.95. The Morgan fingerprint density at radius 3 is 2.50 bits per heavy atom. The first kappa shape index (κ1) is 22.6. The number of carboxylic acid groups (broad SMARTS) is 1. The Labute approximate surface area is 189 Å². The van der Waals surface area contributed by atoms with E-state index in [-0.39, 0.29) is 18.1 Å². The first-order valence-electron chi connectivity index (χ1n) is 9.78. The lowest BCUT2D eigenvalue weighted by molar-refractivity contribution is -0.145. The van der Waals surface area contributed by atoms with Crippen LogP contribution in [0.1, 0.15) is 34.1 Å². The molecule has 1 N–H and O–H groups in total. The monoisotopic (exact) mass is 488 g/mol. The second-order valence-electron chi connectivity index (χ2n) is 8.13. The van der Waals surface area contributed by atoms with E-state index in [9.17, 15) is 14.7 Å². The summed E-state index contributed by atoms with van der Waals surface area (Å²) in [6.45, 7) is 7.32. The van der Waals surface area contributed by atoms with Crippen molar-refractivity contribution < 1.29 is 14.7 Å². The maximum atomic E-state index is 13.0. The van der Waals surface area contributed by atoms with E-state index in [0.29, 0.717) is 5.16 Å². The van der Waals surface area contributed by atoms with Crippen LogP contribution in [0.5, 0.6) is 0 Å². The van der Waals surface area contributed by atoms with E-state index in [4.69, 9.17) is 0 Å². The van der Waals surface area contributed by atoms with E-state index in [0.717, 1.165) is 21.1 Å². The number of carboxylic acids is 1. The molecule has 5 nitrogen and oxygen atoms in total. The van der Waals surface area contributed by atoms with Gasteiger partial charge in [0, 0.05) is 11.8 Å². The second-order valence-corrected chi connectivity index (χ2v) is 10.5. The number of Topliss-reactive ketones (excluding diaryl/α,β-unsaturated/α-hetero) is 1. The molecule has 0 saturated heterocycles. The van der Waals surface area contributed by atoms with Crippen molar-refractivity contribution in [1.82, 2.24) is 9.55 Å². The Bertz CT molecular complexity index is 1090. The summed E-state index contributed by atoms with van der Waals surface area (Å²) >= 11 is 4.94.